The smallest absolute Gasteiger partial charge is 0.255 e. The molecule has 2 N–H and O–H groups in total. The molecule has 0 aliphatic carbocycles. The van der Waals surface area contributed by atoms with Crippen LogP contribution in [0.4, 0.5) is 5.69 Å². The van der Waals surface area contributed by atoms with Crippen LogP contribution in [-0.4, -0.2) is 10.9 Å². The number of aromatic nitrogens is 1. The average molecular weight is 256 g/mol. The summed E-state index contributed by atoms with van der Waals surface area (Å²) in [4.78, 5) is 26.0. The van der Waals surface area contributed by atoms with Crippen LogP contribution >= 0.6 is 0 Å². The Morgan fingerprint density at radius 3 is 2.21 bits per heavy atom. The molecule has 1 aromatic carbocycles. The van der Waals surface area contributed by atoms with Crippen LogP contribution in [0.3, 0.4) is 0 Å². The number of aryl methyl sites for hydroxylation is 3. The van der Waals surface area contributed by atoms with Gasteiger partial charge in [-0.25, -0.2) is 0 Å². The summed E-state index contributed by atoms with van der Waals surface area (Å²) in [5, 5.41) is 2.80. The number of pyridine rings is 1. The first-order valence-electron chi connectivity index (χ1n) is 6.04. The van der Waals surface area contributed by atoms with Crippen LogP contribution in [0.5, 0.6) is 0 Å². The Morgan fingerprint density at radius 1 is 1.00 bits per heavy atom. The number of hydrogen-bond acceptors (Lipinski definition) is 2. The van der Waals surface area contributed by atoms with Gasteiger partial charge in [0.1, 0.15) is 0 Å². The number of carbonyl (C=O) groups is 1. The molecule has 0 spiro atoms. The van der Waals surface area contributed by atoms with E-state index in [4.69, 9.17) is 0 Å². The lowest BCUT2D eigenvalue weighted by atomic mass is 10.1. The predicted molar refractivity (Wildman–Crippen MR) is 75.7 cm³/mol. The molecule has 0 saturated carbocycles. The Morgan fingerprint density at radius 2 is 1.63 bits per heavy atom. The van der Waals surface area contributed by atoms with E-state index in [9.17, 15) is 9.59 Å². The molecular formula is C15H16N2O2. The maximum Gasteiger partial charge on any atom is 0.255 e. The number of aromatic amines is 1. The topological polar surface area (TPSA) is 62.0 Å². The maximum atomic E-state index is 12.1. The van der Waals surface area contributed by atoms with Crippen LogP contribution in [0.25, 0.3) is 0 Å². The highest BCUT2D eigenvalue weighted by atomic mass is 16.2. The number of hydrogen-bond donors (Lipinski definition) is 2. The minimum absolute atomic E-state index is 0.273. The first kappa shape index (κ1) is 13.1. The SMILES string of the molecule is Cc1cc(C)cc(NC(=O)c2cc(C)[nH]c(=O)c2)c1. The molecule has 2 aromatic rings. The van der Waals surface area contributed by atoms with Gasteiger partial charge in [0.2, 0.25) is 5.56 Å². The lowest BCUT2D eigenvalue weighted by Crippen LogP contribution is -2.16. The van der Waals surface area contributed by atoms with Gasteiger partial charge in [-0.2, -0.15) is 0 Å². The summed E-state index contributed by atoms with van der Waals surface area (Å²) >= 11 is 0. The Balaban J connectivity index is 2.27. The third kappa shape index (κ3) is 3.31. The van der Waals surface area contributed by atoms with E-state index in [1.165, 1.54) is 6.07 Å². The van der Waals surface area contributed by atoms with Gasteiger partial charge in [-0.3, -0.25) is 9.59 Å². The maximum absolute atomic E-state index is 12.1. The number of nitrogens with one attached hydrogen (secondary N) is 2. The second-order valence-corrected chi connectivity index (χ2v) is 4.75. The van der Waals surface area contributed by atoms with Crippen molar-refractivity contribution in [1.29, 1.82) is 0 Å². The normalized spacial score (nSPS) is 10.3. The second-order valence-electron chi connectivity index (χ2n) is 4.75. The van der Waals surface area contributed by atoms with Gasteiger partial charge >= 0.3 is 0 Å². The molecule has 0 unspecified atom stereocenters. The van der Waals surface area contributed by atoms with E-state index in [1.54, 1.807) is 13.0 Å². The average Bonchev–Trinajstić information content (AvgIpc) is 2.25. The molecular weight excluding hydrogens is 240 g/mol. The molecule has 0 aliphatic heterocycles. The monoisotopic (exact) mass is 256 g/mol. The van der Waals surface area contributed by atoms with Crippen molar-refractivity contribution < 1.29 is 4.79 Å². The van der Waals surface area contributed by atoms with E-state index in [-0.39, 0.29) is 11.5 Å². The fraction of sp³-hybridized carbons (Fsp3) is 0.200. The van der Waals surface area contributed by atoms with Crippen molar-refractivity contribution in [2.24, 2.45) is 0 Å². The van der Waals surface area contributed by atoms with E-state index in [0.29, 0.717) is 11.3 Å². The highest BCUT2D eigenvalue weighted by molar-refractivity contribution is 6.04. The van der Waals surface area contributed by atoms with Gasteiger partial charge in [0.05, 0.1) is 0 Å². The van der Waals surface area contributed by atoms with Gasteiger partial charge in [-0.15, -0.1) is 0 Å². The number of H-pyrrole nitrogens is 1. The number of anilines is 1. The van der Waals surface area contributed by atoms with Crippen molar-refractivity contribution >= 4 is 11.6 Å². The lowest BCUT2D eigenvalue weighted by Gasteiger charge is -2.08. The quantitative estimate of drug-likeness (QED) is 0.867. The van der Waals surface area contributed by atoms with Gasteiger partial charge in [0.25, 0.3) is 5.91 Å². The van der Waals surface area contributed by atoms with Crippen LogP contribution in [0.15, 0.2) is 35.1 Å². The van der Waals surface area contributed by atoms with Crippen molar-refractivity contribution in [3.8, 4) is 0 Å². The Kier molecular flexibility index (Phi) is 3.51. The summed E-state index contributed by atoms with van der Waals surface area (Å²) in [7, 11) is 0. The first-order valence-corrected chi connectivity index (χ1v) is 6.04. The first-order chi connectivity index (χ1) is 8.94. The molecule has 1 aromatic heterocycles. The highest BCUT2D eigenvalue weighted by Crippen LogP contribution is 2.14. The van der Waals surface area contributed by atoms with Gasteiger partial charge in [0, 0.05) is 23.0 Å². The molecule has 1 amide bonds. The van der Waals surface area contributed by atoms with E-state index < -0.39 is 0 Å². The zero-order valence-electron chi connectivity index (χ0n) is 11.2. The van der Waals surface area contributed by atoms with Crippen molar-refractivity contribution in [3.05, 3.63) is 63.1 Å². The van der Waals surface area contributed by atoms with Gasteiger partial charge in [-0.05, 0) is 50.1 Å². The van der Waals surface area contributed by atoms with Gasteiger partial charge in [-0.1, -0.05) is 6.07 Å². The van der Waals surface area contributed by atoms with Crippen LogP contribution in [-0.2, 0) is 0 Å². The number of benzene rings is 1. The third-order valence-corrected chi connectivity index (χ3v) is 2.72. The number of carbonyl (C=O) groups excluding carboxylic acids is 1. The second kappa shape index (κ2) is 5.10. The van der Waals surface area contributed by atoms with E-state index in [0.717, 1.165) is 16.8 Å². The Bertz CT molecular complexity index is 667. The van der Waals surface area contributed by atoms with Crippen LogP contribution in [0, 0.1) is 20.8 Å². The molecule has 1 heterocycles. The third-order valence-electron chi connectivity index (χ3n) is 2.72. The highest BCUT2D eigenvalue weighted by Gasteiger charge is 2.08. The van der Waals surface area contributed by atoms with Gasteiger partial charge in [0.15, 0.2) is 0 Å². The molecule has 0 radical (unpaired) electrons. The standard InChI is InChI=1S/C15H16N2O2/c1-9-4-10(2)6-13(5-9)17-15(19)12-7-11(3)16-14(18)8-12/h4-8H,1-3H3,(H,16,18)(H,17,19). The summed E-state index contributed by atoms with van der Waals surface area (Å²) in [6, 6.07) is 8.77. The van der Waals surface area contributed by atoms with Crippen LogP contribution in [0.2, 0.25) is 0 Å². The molecule has 19 heavy (non-hydrogen) atoms. The fourth-order valence-electron chi connectivity index (χ4n) is 2.06. The number of amides is 1. The molecule has 98 valence electrons. The fourth-order valence-corrected chi connectivity index (χ4v) is 2.06. The van der Waals surface area contributed by atoms with Crippen molar-refractivity contribution in [3.63, 3.8) is 0 Å². The predicted octanol–water partition coefficient (Wildman–Crippen LogP) is 2.55. The molecule has 4 heteroatoms. The van der Waals surface area contributed by atoms with Crippen molar-refractivity contribution in [1.82, 2.24) is 4.98 Å². The molecule has 4 nitrogen and oxygen atoms in total. The summed E-state index contributed by atoms with van der Waals surface area (Å²) in [5.41, 5.74) is 3.65. The summed E-state index contributed by atoms with van der Waals surface area (Å²) in [6.45, 7) is 5.69. The molecule has 0 aliphatic rings. The molecule has 2 rings (SSSR count). The van der Waals surface area contributed by atoms with E-state index in [1.807, 2.05) is 32.0 Å². The Labute approximate surface area is 111 Å². The van der Waals surface area contributed by atoms with Crippen molar-refractivity contribution in [2.75, 3.05) is 5.32 Å². The summed E-state index contributed by atoms with van der Waals surface area (Å²) in [5.74, 6) is -0.279. The zero-order chi connectivity index (χ0) is 14.0. The van der Waals surface area contributed by atoms with Crippen LogP contribution < -0.4 is 10.9 Å². The van der Waals surface area contributed by atoms with Gasteiger partial charge < -0.3 is 10.3 Å². The van der Waals surface area contributed by atoms with Crippen LogP contribution in [0.1, 0.15) is 27.2 Å². The Hall–Kier alpha value is -2.36. The summed E-state index contributed by atoms with van der Waals surface area (Å²) in [6.07, 6.45) is 0. The molecule has 0 saturated heterocycles. The lowest BCUT2D eigenvalue weighted by molar-refractivity contribution is 0.102. The minimum atomic E-state index is -0.279. The number of rotatable bonds is 2. The van der Waals surface area contributed by atoms with Crippen molar-refractivity contribution in [2.45, 2.75) is 20.8 Å². The summed E-state index contributed by atoms with van der Waals surface area (Å²) < 4.78 is 0. The molecule has 0 atom stereocenters. The zero-order valence-corrected chi connectivity index (χ0v) is 11.2. The molecule has 0 fully saturated rings. The molecule has 0 bridgehead atoms. The minimum Gasteiger partial charge on any atom is -0.326 e. The van der Waals surface area contributed by atoms with E-state index in [2.05, 4.69) is 10.3 Å². The van der Waals surface area contributed by atoms with E-state index >= 15 is 0 Å². The largest absolute Gasteiger partial charge is 0.326 e.